The van der Waals surface area contributed by atoms with Crippen molar-refractivity contribution in [2.24, 2.45) is 0 Å². The van der Waals surface area contributed by atoms with Gasteiger partial charge in [-0.25, -0.2) is 8.42 Å². The molecule has 1 N–H and O–H groups in total. The highest BCUT2D eigenvalue weighted by Crippen LogP contribution is 2.23. The molecule has 6 heteroatoms. The number of aryl methyl sites for hydroxylation is 2. The Morgan fingerprint density at radius 2 is 1.36 bits per heavy atom. The maximum atomic E-state index is 13.3. The van der Waals surface area contributed by atoms with Crippen molar-refractivity contribution in [2.45, 2.75) is 43.9 Å². The first kappa shape index (κ1) is 24.7. The summed E-state index contributed by atoms with van der Waals surface area (Å²) in [5.41, 5.74) is 4.16. The SMILES string of the molecule is CCCN(CCCc1ccc(CCC(=O)O)cc1)S(=O)(=O)c1ccc(-c2ccccc2)cc1. The second kappa shape index (κ2) is 11.8. The van der Waals surface area contributed by atoms with Crippen LogP contribution in [-0.2, 0) is 27.7 Å². The minimum atomic E-state index is -3.56. The van der Waals surface area contributed by atoms with Crippen molar-refractivity contribution in [1.82, 2.24) is 4.31 Å². The van der Waals surface area contributed by atoms with Gasteiger partial charge in [-0.05, 0) is 60.1 Å². The highest BCUT2D eigenvalue weighted by Gasteiger charge is 2.23. The Morgan fingerprint density at radius 1 is 0.788 bits per heavy atom. The predicted octanol–water partition coefficient (Wildman–Crippen LogP) is 5.40. The van der Waals surface area contributed by atoms with Crippen LogP contribution in [-0.4, -0.2) is 36.9 Å². The minimum Gasteiger partial charge on any atom is -0.481 e. The largest absolute Gasteiger partial charge is 0.481 e. The van der Waals surface area contributed by atoms with Crippen LogP contribution in [0, 0.1) is 0 Å². The third-order valence-electron chi connectivity index (χ3n) is 5.60. The standard InChI is InChI=1S/C27H31NO4S/c1-2-20-28(21-6-7-22-10-12-23(13-11-22)14-19-27(29)30)33(31,32)26-17-15-25(16-18-26)24-8-4-3-5-9-24/h3-5,8-13,15-18H,2,6-7,14,19-21H2,1H3,(H,29,30). The van der Waals surface area contributed by atoms with Crippen LogP contribution in [0.25, 0.3) is 11.1 Å². The van der Waals surface area contributed by atoms with E-state index in [1.54, 1.807) is 16.4 Å². The maximum Gasteiger partial charge on any atom is 0.303 e. The number of benzene rings is 3. The summed E-state index contributed by atoms with van der Waals surface area (Å²) in [6, 6.07) is 24.9. The van der Waals surface area contributed by atoms with Crippen LogP contribution in [0.4, 0.5) is 0 Å². The van der Waals surface area contributed by atoms with Crippen LogP contribution >= 0.6 is 0 Å². The van der Waals surface area contributed by atoms with E-state index in [4.69, 9.17) is 5.11 Å². The van der Waals surface area contributed by atoms with E-state index in [2.05, 4.69) is 0 Å². The third kappa shape index (κ3) is 7.01. The summed E-state index contributed by atoms with van der Waals surface area (Å²) in [4.78, 5) is 11.0. The van der Waals surface area contributed by atoms with E-state index >= 15 is 0 Å². The molecule has 0 atom stereocenters. The zero-order chi connectivity index (χ0) is 23.7. The normalized spacial score (nSPS) is 11.6. The quantitative estimate of drug-likeness (QED) is 0.388. The molecule has 0 spiro atoms. The molecule has 0 heterocycles. The summed E-state index contributed by atoms with van der Waals surface area (Å²) in [5.74, 6) is -0.800. The maximum absolute atomic E-state index is 13.3. The van der Waals surface area contributed by atoms with E-state index in [1.165, 1.54) is 0 Å². The Labute approximate surface area is 196 Å². The zero-order valence-corrected chi connectivity index (χ0v) is 19.8. The lowest BCUT2D eigenvalue weighted by Gasteiger charge is -2.22. The van der Waals surface area contributed by atoms with Crippen molar-refractivity contribution in [1.29, 1.82) is 0 Å². The summed E-state index contributed by atoms with van der Waals surface area (Å²) in [5, 5.41) is 8.80. The molecule has 3 aromatic carbocycles. The van der Waals surface area contributed by atoms with Gasteiger partial charge in [0.1, 0.15) is 0 Å². The second-order valence-corrected chi connectivity index (χ2v) is 10.0. The first-order valence-corrected chi connectivity index (χ1v) is 12.8. The average molecular weight is 466 g/mol. The molecule has 0 aliphatic rings. The molecule has 0 aliphatic heterocycles. The molecular weight excluding hydrogens is 434 g/mol. The van der Waals surface area contributed by atoms with Gasteiger partial charge in [-0.15, -0.1) is 0 Å². The van der Waals surface area contributed by atoms with Crippen LogP contribution in [0.2, 0.25) is 0 Å². The molecule has 3 rings (SSSR count). The van der Waals surface area contributed by atoms with Gasteiger partial charge in [0, 0.05) is 19.5 Å². The number of nitrogens with zero attached hydrogens (tertiary/aromatic N) is 1. The summed E-state index contributed by atoms with van der Waals surface area (Å²) in [6.45, 7) is 2.92. The molecule has 0 amide bonds. The molecule has 0 unspecified atom stereocenters. The summed E-state index contributed by atoms with van der Waals surface area (Å²) in [7, 11) is -3.56. The van der Waals surface area contributed by atoms with Gasteiger partial charge in [-0.2, -0.15) is 4.31 Å². The molecule has 0 saturated heterocycles. The van der Waals surface area contributed by atoms with E-state index in [9.17, 15) is 13.2 Å². The number of sulfonamides is 1. The average Bonchev–Trinajstić information content (AvgIpc) is 2.83. The Hall–Kier alpha value is -2.96. The van der Waals surface area contributed by atoms with Gasteiger partial charge in [-0.1, -0.05) is 73.7 Å². The van der Waals surface area contributed by atoms with Crippen molar-refractivity contribution >= 4 is 16.0 Å². The van der Waals surface area contributed by atoms with Crippen LogP contribution in [0.3, 0.4) is 0 Å². The van der Waals surface area contributed by atoms with Crippen molar-refractivity contribution in [3.63, 3.8) is 0 Å². The fourth-order valence-electron chi connectivity index (χ4n) is 3.78. The summed E-state index contributed by atoms with van der Waals surface area (Å²) >= 11 is 0. The van der Waals surface area contributed by atoms with Gasteiger partial charge in [-0.3, -0.25) is 4.79 Å². The van der Waals surface area contributed by atoms with Gasteiger partial charge >= 0.3 is 5.97 Å². The molecule has 0 radical (unpaired) electrons. The topological polar surface area (TPSA) is 74.7 Å². The van der Waals surface area contributed by atoms with E-state index in [1.807, 2.05) is 73.7 Å². The van der Waals surface area contributed by atoms with Crippen molar-refractivity contribution in [3.8, 4) is 11.1 Å². The van der Waals surface area contributed by atoms with Crippen molar-refractivity contribution in [3.05, 3.63) is 90.0 Å². The van der Waals surface area contributed by atoms with Crippen molar-refractivity contribution in [2.75, 3.05) is 13.1 Å². The summed E-state index contributed by atoms with van der Waals surface area (Å²) < 4.78 is 28.1. The monoisotopic (exact) mass is 465 g/mol. The number of aliphatic carboxylic acids is 1. The minimum absolute atomic E-state index is 0.121. The van der Waals surface area contributed by atoms with E-state index in [-0.39, 0.29) is 6.42 Å². The first-order valence-electron chi connectivity index (χ1n) is 11.4. The van der Waals surface area contributed by atoms with E-state index < -0.39 is 16.0 Å². The van der Waals surface area contributed by atoms with Crippen LogP contribution in [0.1, 0.15) is 37.3 Å². The van der Waals surface area contributed by atoms with Crippen molar-refractivity contribution < 1.29 is 18.3 Å². The molecule has 0 fully saturated rings. The number of hydrogen-bond acceptors (Lipinski definition) is 3. The number of hydrogen-bond donors (Lipinski definition) is 1. The van der Waals surface area contributed by atoms with Gasteiger partial charge in [0.2, 0.25) is 10.0 Å². The number of carbonyl (C=O) groups is 1. The molecule has 33 heavy (non-hydrogen) atoms. The second-order valence-electron chi connectivity index (χ2n) is 8.11. The smallest absolute Gasteiger partial charge is 0.303 e. The first-order chi connectivity index (χ1) is 15.9. The molecule has 5 nitrogen and oxygen atoms in total. The predicted molar refractivity (Wildman–Crippen MR) is 132 cm³/mol. The van der Waals surface area contributed by atoms with Gasteiger partial charge in [0.25, 0.3) is 0 Å². The number of carboxylic acids is 1. The molecular formula is C27H31NO4S. The number of rotatable bonds is 12. The van der Waals surface area contributed by atoms with Gasteiger partial charge in [0.05, 0.1) is 4.90 Å². The third-order valence-corrected chi connectivity index (χ3v) is 7.51. The Kier molecular flexibility index (Phi) is 8.80. The molecule has 0 aliphatic carbocycles. The lowest BCUT2D eigenvalue weighted by Crippen LogP contribution is -2.33. The highest BCUT2D eigenvalue weighted by molar-refractivity contribution is 7.89. The molecule has 3 aromatic rings. The Bertz CT molecular complexity index is 1130. The van der Waals surface area contributed by atoms with Crippen LogP contribution < -0.4 is 0 Å². The van der Waals surface area contributed by atoms with Gasteiger partial charge < -0.3 is 5.11 Å². The highest BCUT2D eigenvalue weighted by atomic mass is 32.2. The zero-order valence-electron chi connectivity index (χ0n) is 19.0. The van der Waals surface area contributed by atoms with Crippen LogP contribution in [0.5, 0.6) is 0 Å². The van der Waals surface area contributed by atoms with Crippen LogP contribution in [0.15, 0.2) is 83.8 Å². The summed E-state index contributed by atoms with van der Waals surface area (Å²) in [6.07, 6.45) is 2.87. The fraction of sp³-hybridized carbons (Fsp3) is 0.296. The molecule has 0 aromatic heterocycles. The Balaban J connectivity index is 1.62. The lowest BCUT2D eigenvalue weighted by atomic mass is 10.0. The number of carboxylic acid groups (broad SMARTS) is 1. The lowest BCUT2D eigenvalue weighted by molar-refractivity contribution is -0.136. The van der Waals surface area contributed by atoms with Gasteiger partial charge in [0.15, 0.2) is 0 Å². The molecule has 0 bridgehead atoms. The molecule has 174 valence electrons. The van der Waals surface area contributed by atoms with E-state index in [0.717, 1.165) is 41.5 Å². The Morgan fingerprint density at radius 3 is 1.94 bits per heavy atom. The molecule has 0 saturated carbocycles. The fourth-order valence-corrected chi connectivity index (χ4v) is 5.35. The van der Waals surface area contributed by atoms with E-state index in [0.29, 0.717) is 24.4 Å².